The van der Waals surface area contributed by atoms with Crippen molar-refractivity contribution >= 4 is 64.8 Å². The van der Waals surface area contributed by atoms with Crippen LogP contribution in [0.15, 0.2) is 24.7 Å². The molecule has 2 aromatic heterocycles. The lowest BCUT2D eigenvalue weighted by Gasteiger charge is -2.36. The van der Waals surface area contributed by atoms with Crippen molar-refractivity contribution in [2.75, 3.05) is 32.0 Å². The first-order valence-corrected chi connectivity index (χ1v) is 20.0. The van der Waals surface area contributed by atoms with Crippen LogP contribution in [0, 0.1) is 5.41 Å². The van der Waals surface area contributed by atoms with E-state index in [-0.39, 0.29) is 42.8 Å². The maximum absolute atomic E-state index is 12.5. The van der Waals surface area contributed by atoms with Crippen LogP contribution < -0.4 is 35.9 Å². The van der Waals surface area contributed by atoms with Gasteiger partial charge in [0.2, 0.25) is 11.8 Å². The van der Waals surface area contributed by atoms with E-state index in [9.17, 15) is 62.6 Å². The van der Waals surface area contributed by atoms with E-state index in [1.54, 1.807) is 0 Å². The van der Waals surface area contributed by atoms with Crippen LogP contribution in [0.3, 0.4) is 0 Å². The molecule has 3 heterocycles. The number of rotatable bonds is 21. The van der Waals surface area contributed by atoms with Gasteiger partial charge < -0.3 is 78.8 Å². The fraction of sp³-hybridized carbons (Fsp3) is 0.600. The van der Waals surface area contributed by atoms with E-state index >= 15 is 0 Å². The monoisotopic (exact) mass is 842 g/mol. The molecule has 26 nitrogen and oxygen atoms in total. The first kappa shape index (κ1) is 46.0. The molecule has 55 heavy (non-hydrogen) atoms. The van der Waals surface area contributed by atoms with Crippen molar-refractivity contribution in [3.8, 4) is 0 Å². The van der Waals surface area contributed by atoms with E-state index in [1.165, 1.54) is 0 Å². The number of nitrogens with zero attached hydrogens (tertiary/aromatic N) is 4. The van der Waals surface area contributed by atoms with E-state index < -0.39 is 102 Å². The van der Waals surface area contributed by atoms with Gasteiger partial charge in [0, 0.05) is 18.4 Å². The zero-order valence-corrected chi connectivity index (χ0v) is 31.8. The molecule has 0 bridgehead atoms. The van der Waals surface area contributed by atoms with E-state index in [0.717, 1.165) is 38.0 Å². The highest BCUT2D eigenvalue weighted by molar-refractivity contribution is 7.59. The second kappa shape index (κ2) is 17.8. The van der Waals surface area contributed by atoms with Crippen molar-refractivity contribution in [3.05, 3.63) is 24.7 Å². The van der Waals surface area contributed by atoms with Crippen LogP contribution in [-0.4, -0.2) is 110 Å². The van der Waals surface area contributed by atoms with E-state index in [0.29, 0.717) is 0 Å². The summed E-state index contributed by atoms with van der Waals surface area (Å²) in [5, 5.41) is 34.8. The number of aliphatic hydroxyl groups is 2. The zero-order chi connectivity index (χ0) is 41.7. The number of nitrogens with one attached hydrogen (secondary N) is 2. The quantitative estimate of drug-likeness (QED) is 0.0393. The maximum atomic E-state index is 12.5. The predicted molar refractivity (Wildman–Crippen MR) is 173 cm³/mol. The molecule has 7 unspecified atom stereocenters. The highest BCUT2D eigenvalue weighted by Gasteiger charge is 2.55. The number of carboxylic acid groups (broad SMARTS) is 1. The number of hydrogen-bond donors (Lipinski definition) is 6. The molecule has 1 aliphatic heterocycles. The lowest BCUT2D eigenvalue weighted by atomic mass is 9.63. The molecule has 7 atom stereocenters. The highest BCUT2D eigenvalue weighted by Crippen LogP contribution is 2.56. The van der Waals surface area contributed by atoms with Crippen LogP contribution >= 0.6 is 23.5 Å². The summed E-state index contributed by atoms with van der Waals surface area (Å²) in [5.74, 6) is -3.31. The molecule has 0 spiro atoms. The number of anilines is 1. The van der Waals surface area contributed by atoms with Crippen molar-refractivity contribution in [2.24, 2.45) is 5.41 Å². The highest BCUT2D eigenvalue weighted by atomic mass is 31.3. The van der Waals surface area contributed by atoms with Gasteiger partial charge in [0.05, 0.1) is 27.4 Å². The van der Waals surface area contributed by atoms with Gasteiger partial charge in [-0.3, -0.25) is 28.1 Å². The topological polar surface area (TPSA) is 412 Å². The fourth-order valence-corrected chi connectivity index (χ4v) is 7.61. The van der Waals surface area contributed by atoms with E-state index in [1.807, 2.05) is 0 Å². The molecule has 0 aliphatic carbocycles. The second-order valence-corrected chi connectivity index (χ2v) is 16.7. The first-order chi connectivity index (χ1) is 25.2. The predicted octanol–water partition coefficient (Wildman–Crippen LogP) is -4.35. The van der Waals surface area contributed by atoms with Gasteiger partial charge in [-0.25, -0.2) is 19.3 Å². The number of phosphoric acid groups is 3. The summed E-state index contributed by atoms with van der Waals surface area (Å²) in [4.78, 5) is 94.8. The SMILES string of the molecule is C=C([B-](=O)CCNC(=O)CCNC(=O)C(O)C(C)(C)COP(=O)([O-])OP(=O)([O-])OCC1OC(C)(n2cnc3c(N)ncnc32)C(O)C1OP(=O)([O-])[O-])C(=O)O. The van der Waals surface area contributed by atoms with Crippen molar-refractivity contribution < 1.29 is 90.3 Å². The number of carbonyl (C=O) groups excluding carboxylic acids is 2. The summed E-state index contributed by atoms with van der Waals surface area (Å²) in [5.41, 5.74) is 1.33. The lowest BCUT2D eigenvalue weighted by molar-refractivity contribution is -0.347. The normalized spacial score (nSPS) is 23.0. The number of ether oxygens (including phenoxy) is 1. The summed E-state index contributed by atoms with van der Waals surface area (Å²) >= 11 is 0. The smallest absolute Gasteiger partial charge is 0.294 e. The first-order valence-electron chi connectivity index (χ1n) is 15.6. The van der Waals surface area contributed by atoms with Crippen LogP contribution in [0.4, 0.5) is 5.82 Å². The number of phosphoric ester groups is 3. The van der Waals surface area contributed by atoms with Gasteiger partial charge in [-0.2, -0.15) is 0 Å². The summed E-state index contributed by atoms with van der Waals surface area (Å²) in [6.07, 6.45) is -6.64. The number of carbonyl (C=O) groups is 3. The number of carboxylic acids is 1. The maximum Gasteiger partial charge on any atom is 0.294 e. The van der Waals surface area contributed by atoms with Crippen molar-refractivity contribution in [1.82, 2.24) is 30.2 Å². The molecule has 308 valence electrons. The summed E-state index contributed by atoms with van der Waals surface area (Å²) in [6, 6.07) is 0. The van der Waals surface area contributed by atoms with Gasteiger partial charge in [0.25, 0.3) is 21.6 Å². The van der Waals surface area contributed by atoms with Gasteiger partial charge in [0.15, 0.2) is 17.2 Å². The number of nitrogen functional groups attached to an aromatic ring is 1. The van der Waals surface area contributed by atoms with E-state index in [2.05, 4.69) is 50.0 Å². The average Bonchev–Trinajstić information content (AvgIpc) is 3.61. The van der Waals surface area contributed by atoms with E-state index in [4.69, 9.17) is 15.6 Å². The van der Waals surface area contributed by atoms with Crippen molar-refractivity contribution in [1.29, 1.82) is 0 Å². The standard InChI is InChI=1S/C25H40BN7O19P3/c1-13(23(38)39)26(40)6-8-28-15(34)5-7-29-22(37)19(36)24(2,3)10-49-55(46,47)52-54(44,45)48-9-14-17(51-53(41,42)43)18(35)25(4,50-14)33-12-32-16-20(27)30-11-31-21(16)33/h11-12,14,17-19,35-36H,1,5-10H2,2-4H3,(H,28,34)(H,29,37)(H,38,39)(H,44,45)(H,46,47)(H2,27,30,31)(H2,41,42,43)/q-1/p-4. The molecule has 2 amide bonds. The van der Waals surface area contributed by atoms with Gasteiger partial charge >= 0.3 is 0 Å². The Balaban J connectivity index is 1.56. The molecule has 1 saturated heterocycles. The molecular formula is C25H36BN7O19P3-5. The molecule has 0 saturated carbocycles. The number of aromatic nitrogens is 4. The Kier molecular flexibility index (Phi) is 14.9. The zero-order valence-electron chi connectivity index (χ0n) is 29.1. The Morgan fingerprint density at radius 1 is 1.13 bits per heavy atom. The van der Waals surface area contributed by atoms with Crippen LogP contribution in [0.25, 0.3) is 11.2 Å². The molecule has 1 aliphatic rings. The number of aliphatic hydroxyl groups excluding tert-OH is 2. The Morgan fingerprint density at radius 2 is 1.76 bits per heavy atom. The third-order valence-corrected chi connectivity index (χ3v) is 10.9. The molecule has 1 fully saturated rings. The van der Waals surface area contributed by atoms with Gasteiger partial charge in [-0.05, 0) is 13.5 Å². The van der Waals surface area contributed by atoms with Crippen LogP contribution in [0.1, 0.15) is 27.2 Å². The number of nitrogens with two attached hydrogens (primary N) is 1. The summed E-state index contributed by atoms with van der Waals surface area (Å²) in [6.45, 7) is 2.05. The Hall–Kier alpha value is -3.39. The largest absolute Gasteiger partial charge is 0.790 e. The van der Waals surface area contributed by atoms with Gasteiger partial charge in [-0.15, -0.1) is 18.4 Å². The molecular weight excluding hydrogens is 806 g/mol. The fourth-order valence-electron chi connectivity index (χ4n) is 4.88. The van der Waals surface area contributed by atoms with Crippen LogP contribution in [0.2, 0.25) is 6.32 Å². The minimum atomic E-state index is -5.96. The summed E-state index contributed by atoms with van der Waals surface area (Å²) in [7, 11) is -17.7. The Bertz CT molecular complexity index is 1940. The van der Waals surface area contributed by atoms with Crippen molar-refractivity contribution in [3.63, 3.8) is 0 Å². The lowest BCUT2D eigenvalue weighted by Crippen LogP contribution is -2.46. The molecule has 3 rings (SSSR count). The number of amides is 2. The van der Waals surface area contributed by atoms with Crippen LogP contribution in [0.5, 0.6) is 0 Å². The average molecular weight is 842 g/mol. The number of fused-ring (bicyclic) bond motifs is 1. The van der Waals surface area contributed by atoms with Crippen molar-refractivity contribution in [2.45, 2.75) is 63.7 Å². The van der Waals surface area contributed by atoms with Crippen LogP contribution in [-0.2, 0) is 61.1 Å². The summed E-state index contributed by atoms with van der Waals surface area (Å²) < 4.78 is 72.4. The van der Waals surface area contributed by atoms with Gasteiger partial charge in [0.1, 0.15) is 42.8 Å². The Morgan fingerprint density at radius 3 is 2.38 bits per heavy atom. The third-order valence-electron chi connectivity index (χ3n) is 7.93. The second-order valence-electron chi connectivity index (χ2n) is 12.7. The molecule has 30 heteroatoms. The number of imidazole rings is 1. The number of aliphatic carboxylic acids is 1. The third kappa shape index (κ3) is 12.3. The van der Waals surface area contributed by atoms with Gasteiger partial charge in [-0.1, -0.05) is 13.8 Å². The molecule has 0 aromatic carbocycles. The minimum absolute atomic E-state index is 0.0208. The minimum Gasteiger partial charge on any atom is -0.790 e. The number of hydrogen-bond acceptors (Lipinski definition) is 22. The molecule has 0 radical (unpaired) electrons. The Labute approximate surface area is 310 Å². The molecule has 7 N–H and O–H groups in total. The molecule has 2 aromatic rings.